The lowest BCUT2D eigenvalue weighted by atomic mass is 10.1. The van der Waals surface area contributed by atoms with Gasteiger partial charge in [-0.25, -0.2) is 4.98 Å². The van der Waals surface area contributed by atoms with E-state index >= 15 is 0 Å². The fraction of sp³-hybridized carbons (Fsp3) is 0.357. The van der Waals surface area contributed by atoms with E-state index in [1.54, 1.807) is 11.3 Å². The van der Waals surface area contributed by atoms with Crippen LogP contribution in [0.15, 0.2) is 35.8 Å². The summed E-state index contributed by atoms with van der Waals surface area (Å²) in [6, 6.07) is 8.25. The second-order valence-electron chi connectivity index (χ2n) is 4.30. The van der Waals surface area contributed by atoms with E-state index in [-0.39, 0.29) is 6.04 Å². The Labute approximate surface area is 112 Å². The largest absolute Gasteiger partial charge is 0.351 e. The third kappa shape index (κ3) is 2.89. The number of hydrogen-bond acceptors (Lipinski definition) is 4. The quantitative estimate of drug-likeness (QED) is 0.898. The molecule has 0 radical (unpaired) electrons. The number of hydrogen-bond donors (Lipinski definition) is 1. The Hall–Kier alpha value is -1.39. The Morgan fingerprint density at radius 2 is 2.22 bits per heavy atom. The molecule has 1 unspecified atom stereocenters. The lowest BCUT2D eigenvalue weighted by Crippen LogP contribution is -2.25. The van der Waals surface area contributed by atoms with Crippen LogP contribution >= 0.6 is 11.3 Å². The maximum Gasteiger partial charge on any atom is 0.133 e. The molecule has 0 amide bonds. The van der Waals surface area contributed by atoms with E-state index in [1.807, 2.05) is 19.2 Å². The van der Waals surface area contributed by atoms with Gasteiger partial charge in [-0.3, -0.25) is 0 Å². The molecule has 3 nitrogen and oxygen atoms in total. The number of anilines is 1. The van der Waals surface area contributed by atoms with Crippen molar-refractivity contribution in [3.8, 4) is 0 Å². The van der Waals surface area contributed by atoms with Crippen molar-refractivity contribution in [1.82, 2.24) is 4.98 Å². The molecule has 0 saturated carbocycles. The van der Waals surface area contributed by atoms with E-state index in [1.165, 1.54) is 4.88 Å². The molecule has 2 aromatic rings. The van der Waals surface area contributed by atoms with E-state index in [0.29, 0.717) is 0 Å². The Balaban J connectivity index is 2.27. The van der Waals surface area contributed by atoms with Crippen LogP contribution < -0.4 is 10.6 Å². The molecule has 0 bridgehead atoms. The van der Waals surface area contributed by atoms with Gasteiger partial charge in [0, 0.05) is 29.2 Å². The van der Waals surface area contributed by atoms with E-state index in [4.69, 9.17) is 5.73 Å². The SMILES string of the molecule is CCN(Cc1cccs1)c1ncccc1C(C)N. The summed E-state index contributed by atoms with van der Waals surface area (Å²) in [6.45, 7) is 5.96. The fourth-order valence-electron chi connectivity index (χ4n) is 1.96. The van der Waals surface area contributed by atoms with E-state index in [0.717, 1.165) is 24.5 Å². The van der Waals surface area contributed by atoms with Gasteiger partial charge < -0.3 is 10.6 Å². The molecule has 18 heavy (non-hydrogen) atoms. The molecule has 2 N–H and O–H groups in total. The molecule has 2 aromatic heterocycles. The molecule has 0 aliphatic rings. The molecule has 96 valence electrons. The summed E-state index contributed by atoms with van der Waals surface area (Å²) < 4.78 is 0. The third-order valence-corrected chi connectivity index (χ3v) is 3.78. The minimum absolute atomic E-state index is 0.00563. The van der Waals surface area contributed by atoms with Crippen molar-refractivity contribution < 1.29 is 0 Å². The summed E-state index contributed by atoms with van der Waals surface area (Å²) in [7, 11) is 0. The Bertz CT molecular complexity index is 480. The van der Waals surface area contributed by atoms with Gasteiger partial charge in [-0.15, -0.1) is 11.3 Å². The maximum absolute atomic E-state index is 6.02. The molecule has 0 aliphatic heterocycles. The molecule has 0 fully saturated rings. The Morgan fingerprint density at radius 3 is 2.83 bits per heavy atom. The second-order valence-corrected chi connectivity index (χ2v) is 5.33. The van der Waals surface area contributed by atoms with Gasteiger partial charge in [0.15, 0.2) is 0 Å². The van der Waals surface area contributed by atoms with Crippen LogP contribution in [-0.4, -0.2) is 11.5 Å². The van der Waals surface area contributed by atoms with E-state index < -0.39 is 0 Å². The topological polar surface area (TPSA) is 42.2 Å². The Morgan fingerprint density at radius 1 is 1.39 bits per heavy atom. The number of nitrogens with two attached hydrogens (primary N) is 1. The monoisotopic (exact) mass is 261 g/mol. The van der Waals surface area contributed by atoms with Crippen LogP contribution in [0, 0.1) is 0 Å². The van der Waals surface area contributed by atoms with Crippen molar-refractivity contribution in [2.45, 2.75) is 26.4 Å². The van der Waals surface area contributed by atoms with Gasteiger partial charge in [0.2, 0.25) is 0 Å². The van der Waals surface area contributed by atoms with Crippen LogP contribution in [-0.2, 0) is 6.54 Å². The fourth-order valence-corrected chi connectivity index (χ4v) is 2.68. The molecule has 0 saturated heterocycles. The molecule has 4 heteroatoms. The van der Waals surface area contributed by atoms with Gasteiger partial charge in [0.25, 0.3) is 0 Å². The van der Waals surface area contributed by atoms with Crippen LogP contribution in [0.4, 0.5) is 5.82 Å². The highest BCUT2D eigenvalue weighted by Crippen LogP contribution is 2.24. The maximum atomic E-state index is 6.02. The summed E-state index contributed by atoms with van der Waals surface area (Å²) in [6.07, 6.45) is 1.83. The second kappa shape index (κ2) is 5.98. The van der Waals surface area contributed by atoms with Crippen molar-refractivity contribution in [2.75, 3.05) is 11.4 Å². The minimum atomic E-state index is 0.00563. The highest BCUT2D eigenvalue weighted by atomic mass is 32.1. The minimum Gasteiger partial charge on any atom is -0.351 e. The smallest absolute Gasteiger partial charge is 0.133 e. The summed E-state index contributed by atoms with van der Waals surface area (Å²) >= 11 is 1.77. The predicted octanol–water partition coefficient (Wildman–Crippen LogP) is 3.19. The normalized spacial score (nSPS) is 12.4. The lowest BCUT2D eigenvalue weighted by molar-refractivity contribution is 0.765. The first kappa shape index (κ1) is 13.1. The molecular formula is C14H19N3S. The average Bonchev–Trinajstić information content (AvgIpc) is 2.88. The molecule has 0 aromatic carbocycles. The molecule has 2 heterocycles. The highest BCUT2D eigenvalue weighted by Gasteiger charge is 2.14. The molecular weight excluding hydrogens is 242 g/mol. The number of pyridine rings is 1. The van der Waals surface area contributed by atoms with Gasteiger partial charge in [0.05, 0.1) is 6.54 Å². The van der Waals surface area contributed by atoms with Crippen molar-refractivity contribution >= 4 is 17.2 Å². The lowest BCUT2D eigenvalue weighted by Gasteiger charge is -2.25. The first-order valence-corrected chi connectivity index (χ1v) is 7.08. The molecule has 0 spiro atoms. The molecule has 0 aliphatic carbocycles. The van der Waals surface area contributed by atoms with Crippen molar-refractivity contribution in [3.63, 3.8) is 0 Å². The van der Waals surface area contributed by atoms with Gasteiger partial charge in [-0.2, -0.15) is 0 Å². The summed E-state index contributed by atoms with van der Waals surface area (Å²) in [4.78, 5) is 8.12. The van der Waals surface area contributed by atoms with Gasteiger partial charge in [-0.05, 0) is 31.4 Å². The third-order valence-electron chi connectivity index (χ3n) is 2.92. The van der Waals surface area contributed by atoms with Gasteiger partial charge in [-0.1, -0.05) is 12.1 Å². The zero-order valence-electron chi connectivity index (χ0n) is 10.8. The van der Waals surface area contributed by atoms with E-state index in [2.05, 4.69) is 40.4 Å². The summed E-state index contributed by atoms with van der Waals surface area (Å²) in [5, 5.41) is 2.11. The zero-order chi connectivity index (χ0) is 13.0. The molecule has 2 rings (SSSR count). The summed E-state index contributed by atoms with van der Waals surface area (Å²) in [5.74, 6) is 1.00. The average molecular weight is 261 g/mol. The summed E-state index contributed by atoms with van der Waals surface area (Å²) in [5.41, 5.74) is 7.12. The van der Waals surface area contributed by atoms with Crippen LogP contribution in [0.25, 0.3) is 0 Å². The van der Waals surface area contributed by atoms with Crippen LogP contribution in [0.5, 0.6) is 0 Å². The highest BCUT2D eigenvalue weighted by molar-refractivity contribution is 7.09. The van der Waals surface area contributed by atoms with E-state index in [9.17, 15) is 0 Å². The van der Waals surface area contributed by atoms with Crippen LogP contribution in [0.1, 0.15) is 30.3 Å². The van der Waals surface area contributed by atoms with Crippen molar-refractivity contribution in [1.29, 1.82) is 0 Å². The number of nitrogens with zero attached hydrogens (tertiary/aromatic N) is 2. The van der Waals surface area contributed by atoms with Gasteiger partial charge in [0.1, 0.15) is 5.82 Å². The van der Waals surface area contributed by atoms with Gasteiger partial charge >= 0.3 is 0 Å². The number of rotatable bonds is 5. The standard InChI is InChI=1S/C14H19N3S/c1-3-17(10-12-6-5-9-18-12)14-13(11(2)15)7-4-8-16-14/h4-9,11H,3,10,15H2,1-2H3. The first-order valence-electron chi connectivity index (χ1n) is 6.20. The van der Waals surface area contributed by atoms with Crippen molar-refractivity contribution in [2.24, 2.45) is 5.73 Å². The molecule has 1 atom stereocenters. The van der Waals surface area contributed by atoms with Crippen LogP contribution in [0.3, 0.4) is 0 Å². The Kier molecular flexibility index (Phi) is 4.33. The van der Waals surface area contributed by atoms with Crippen LogP contribution in [0.2, 0.25) is 0 Å². The zero-order valence-corrected chi connectivity index (χ0v) is 11.7. The number of aromatic nitrogens is 1. The van der Waals surface area contributed by atoms with Crippen molar-refractivity contribution in [3.05, 3.63) is 46.3 Å². The first-order chi connectivity index (χ1) is 8.72. The predicted molar refractivity (Wildman–Crippen MR) is 77.9 cm³/mol. The number of thiophene rings is 1.